The number of anilines is 2. The third kappa shape index (κ3) is 7.62. The van der Waals surface area contributed by atoms with Gasteiger partial charge in [0.15, 0.2) is 0 Å². The van der Waals surface area contributed by atoms with Gasteiger partial charge in [-0.05, 0) is 42.5 Å². The van der Waals surface area contributed by atoms with Gasteiger partial charge in [0.1, 0.15) is 5.75 Å². The number of amides is 2. The Morgan fingerprint density at radius 2 is 1.70 bits per heavy atom. The van der Waals surface area contributed by atoms with Crippen molar-refractivity contribution in [2.24, 2.45) is 0 Å². The second-order valence-corrected chi connectivity index (χ2v) is 7.99. The SMILES string of the molecule is CN(CC(=O)Nc1ccc(OC(F)(F)F)cc1)C(=O)c1cccc(NS(C)(=O)=O)c1. The molecule has 0 aliphatic carbocycles. The summed E-state index contributed by atoms with van der Waals surface area (Å²) in [6.07, 6.45) is -3.85. The molecule has 2 aromatic carbocycles. The highest BCUT2D eigenvalue weighted by atomic mass is 32.2. The van der Waals surface area contributed by atoms with Crippen molar-refractivity contribution < 1.29 is 35.9 Å². The molecule has 0 bridgehead atoms. The Balaban J connectivity index is 1.97. The molecular weight excluding hydrogens is 427 g/mol. The van der Waals surface area contributed by atoms with Crippen LogP contribution in [0.5, 0.6) is 5.75 Å². The van der Waals surface area contributed by atoms with Crippen LogP contribution in [0.15, 0.2) is 48.5 Å². The minimum absolute atomic E-state index is 0.160. The van der Waals surface area contributed by atoms with E-state index in [1.54, 1.807) is 0 Å². The molecule has 0 saturated heterocycles. The van der Waals surface area contributed by atoms with Gasteiger partial charge in [-0.15, -0.1) is 13.2 Å². The summed E-state index contributed by atoms with van der Waals surface area (Å²) in [5.74, 6) is -1.55. The van der Waals surface area contributed by atoms with Gasteiger partial charge in [-0.3, -0.25) is 14.3 Å². The van der Waals surface area contributed by atoms with Crippen LogP contribution in [0.4, 0.5) is 24.5 Å². The molecule has 0 atom stereocenters. The molecule has 0 saturated carbocycles. The van der Waals surface area contributed by atoms with Crippen molar-refractivity contribution in [3.05, 3.63) is 54.1 Å². The molecule has 2 rings (SSSR count). The van der Waals surface area contributed by atoms with E-state index >= 15 is 0 Å². The van der Waals surface area contributed by atoms with Gasteiger partial charge in [-0.2, -0.15) is 0 Å². The molecule has 0 aromatic heterocycles. The Labute approximate surface area is 170 Å². The highest BCUT2D eigenvalue weighted by molar-refractivity contribution is 7.92. The van der Waals surface area contributed by atoms with E-state index in [2.05, 4.69) is 14.8 Å². The number of ether oxygens (including phenoxy) is 1. The maximum absolute atomic E-state index is 12.5. The average molecular weight is 445 g/mol. The number of carbonyl (C=O) groups is 2. The van der Waals surface area contributed by atoms with Crippen LogP contribution in [-0.2, 0) is 14.8 Å². The number of nitrogens with zero attached hydrogens (tertiary/aromatic N) is 1. The maximum atomic E-state index is 12.5. The molecule has 0 unspecified atom stereocenters. The van der Waals surface area contributed by atoms with Crippen LogP contribution in [0.2, 0.25) is 0 Å². The van der Waals surface area contributed by atoms with E-state index < -0.39 is 33.9 Å². The summed E-state index contributed by atoms with van der Waals surface area (Å²) in [7, 11) is -2.14. The van der Waals surface area contributed by atoms with Gasteiger partial charge >= 0.3 is 6.36 Å². The van der Waals surface area contributed by atoms with E-state index in [9.17, 15) is 31.2 Å². The summed E-state index contributed by atoms with van der Waals surface area (Å²) in [5.41, 5.74) is 0.574. The first-order valence-electron chi connectivity index (χ1n) is 8.31. The standard InChI is InChI=1S/C18H18F3N3O5S/c1-24(17(26)12-4-3-5-14(10-12)23-30(2,27)28)11-16(25)22-13-6-8-15(9-7-13)29-18(19,20)21/h3-10,23H,11H2,1-2H3,(H,22,25). The normalized spacial score (nSPS) is 11.5. The van der Waals surface area contributed by atoms with Crippen LogP contribution in [0.1, 0.15) is 10.4 Å². The fourth-order valence-electron chi connectivity index (χ4n) is 2.38. The molecular formula is C18H18F3N3O5S. The van der Waals surface area contributed by atoms with Crippen molar-refractivity contribution in [3.63, 3.8) is 0 Å². The lowest BCUT2D eigenvalue weighted by molar-refractivity contribution is -0.274. The first-order chi connectivity index (χ1) is 13.8. The monoisotopic (exact) mass is 445 g/mol. The lowest BCUT2D eigenvalue weighted by atomic mass is 10.2. The number of nitrogens with one attached hydrogen (secondary N) is 2. The lowest BCUT2D eigenvalue weighted by Crippen LogP contribution is -2.35. The molecule has 0 fully saturated rings. The van der Waals surface area contributed by atoms with Crippen molar-refractivity contribution in [3.8, 4) is 5.75 Å². The van der Waals surface area contributed by atoms with E-state index in [1.165, 1.54) is 43.4 Å². The number of benzene rings is 2. The van der Waals surface area contributed by atoms with Crippen LogP contribution < -0.4 is 14.8 Å². The molecule has 0 spiro atoms. The van der Waals surface area contributed by atoms with Crippen LogP contribution >= 0.6 is 0 Å². The second kappa shape index (κ2) is 9.03. The fraction of sp³-hybridized carbons (Fsp3) is 0.222. The Kier molecular flexibility index (Phi) is 6.92. The third-order valence-electron chi connectivity index (χ3n) is 3.51. The van der Waals surface area contributed by atoms with Gasteiger partial charge in [0.05, 0.1) is 12.8 Å². The van der Waals surface area contributed by atoms with Gasteiger partial charge in [0.25, 0.3) is 5.91 Å². The number of rotatable bonds is 7. The van der Waals surface area contributed by atoms with Crippen LogP contribution in [0.3, 0.4) is 0 Å². The van der Waals surface area contributed by atoms with Gasteiger partial charge in [-0.1, -0.05) is 6.07 Å². The van der Waals surface area contributed by atoms with E-state index in [-0.39, 0.29) is 23.5 Å². The molecule has 2 aromatic rings. The van der Waals surface area contributed by atoms with Crippen LogP contribution in [0.25, 0.3) is 0 Å². The molecule has 0 radical (unpaired) electrons. The number of alkyl halides is 3. The minimum atomic E-state index is -4.82. The topological polar surface area (TPSA) is 105 Å². The van der Waals surface area contributed by atoms with Crippen molar-refractivity contribution in [1.29, 1.82) is 0 Å². The Bertz CT molecular complexity index is 1020. The number of halogens is 3. The van der Waals surface area contributed by atoms with Crippen molar-refractivity contribution in [2.45, 2.75) is 6.36 Å². The number of hydrogen-bond acceptors (Lipinski definition) is 5. The summed E-state index contributed by atoms with van der Waals surface area (Å²) >= 11 is 0. The number of likely N-dealkylation sites (N-methyl/N-ethyl adjacent to an activating group) is 1. The predicted octanol–water partition coefficient (Wildman–Crippen LogP) is 2.67. The van der Waals surface area contributed by atoms with Crippen molar-refractivity contribution in [2.75, 3.05) is 29.9 Å². The Hall–Kier alpha value is -3.28. The smallest absolute Gasteiger partial charge is 0.406 e. The molecule has 0 aliphatic heterocycles. The molecule has 30 heavy (non-hydrogen) atoms. The summed E-state index contributed by atoms with van der Waals surface area (Å²) in [4.78, 5) is 25.7. The summed E-state index contributed by atoms with van der Waals surface area (Å²) in [5, 5.41) is 2.45. The zero-order valence-corrected chi connectivity index (χ0v) is 16.7. The number of carbonyl (C=O) groups excluding carboxylic acids is 2. The first-order valence-corrected chi connectivity index (χ1v) is 10.2. The van der Waals surface area contributed by atoms with E-state index in [0.29, 0.717) is 0 Å². The van der Waals surface area contributed by atoms with Crippen molar-refractivity contribution in [1.82, 2.24) is 4.90 Å². The van der Waals surface area contributed by atoms with Crippen LogP contribution in [-0.4, -0.2) is 51.3 Å². The van der Waals surface area contributed by atoms with Gasteiger partial charge in [0, 0.05) is 24.0 Å². The molecule has 8 nitrogen and oxygen atoms in total. The quantitative estimate of drug-likeness (QED) is 0.682. The zero-order chi connectivity index (χ0) is 22.5. The molecule has 12 heteroatoms. The summed E-state index contributed by atoms with van der Waals surface area (Å²) in [6.45, 7) is -0.344. The average Bonchev–Trinajstić information content (AvgIpc) is 2.60. The molecule has 2 N–H and O–H groups in total. The predicted molar refractivity (Wildman–Crippen MR) is 104 cm³/mol. The second-order valence-electron chi connectivity index (χ2n) is 6.24. The zero-order valence-electron chi connectivity index (χ0n) is 15.9. The summed E-state index contributed by atoms with van der Waals surface area (Å²) < 4.78 is 65.1. The van der Waals surface area contributed by atoms with Crippen LogP contribution in [0, 0.1) is 0 Å². The maximum Gasteiger partial charge on any atom is 0.573 e. The van der Waals surface area contributed by atoms with Crippen molar-refractivity contribution >= 4 is 33.2 Å². The molecule has 162 valence electrons. The van der Waals surface area contributed by atoms with Gasteiger partial charge in [0.2, 0.25) is 15.9 Å². The first kappa shape index (κ1) is 23.0. The van der Waals surface area contributed by atoms with E-state index in [1.807, 2.05) is 0 Å². The van der Waals surface area contributed by atoms with Gasteiger partial charge < -0.3 is 15.0 Å². The summed E-state index contributed by atoms with van der Waals surface area (Å²) in [6, 6.07) is 10.3. The molecule has 0 aliphatic rings. The number of hydrogen-bond donors (Lipinski definition) is 2. The largest absolute Gasteiger partial charge is 0.573 e. The van der Waals surface area contributed by atoms with E-state index in [0.717, 1.165) is 23.3 Å². The molecule has 0 heterocycles. The fourth-order valence-corrected chi connectivity index (χ4v) is 2.93. The highest BCUT2D eigenvalue weighted by Crippen LogP contribution is 2.24. The Morgan fingerprint density at radius 3 is 2.27 bits per heavy atom. The van der Waals surface area contributed by atoms with Gasteiger partial charge in [-0.25, -0.2) is 8.42 Å². The molecule has 2 amide bonds. The Morgan fingerprint density at radius 1 is 1.07 bits per heavy atom. The minimum Gasteiger partial charge on any atom is -0.406 e. The number of sulfonamides is 1. The highest BCUT2D eigenvalue weighted by Gasteiger charge is 2.31. The lowest BCUT2D eigenvalue weighted by Gasteiger charge is -2.17. The van der Waals surface area contributed by atoms with E-state index in [4.69, 9.17) is 0 Å². The third-order valence-corrected chi connectivity index (χ3v) is 4.12.